The largest absolute Gasteiger partial charge is 0.497 e. The van der Waals surface area contributed by atoms with Crippen molar-refractivity contribution in [2.24, 2.45) is 16.8 Å². The number of amidine groups is 1. The number of benzene rings is 2. The van der Waals surface area contributed by atoms with Crippen molar-refractivity contribution in [2.75, 3.05) is 18.7 Å². The summed E-state index contributed by atoms with van der Waals surface area (Å²) in [6, 6.07) is 17.2. The number of para-hydroxylation sites is 1. The molecule has 2 N–H and O–H groups in total. The van der Waals surface area contributed by atoms with Crippen molar-refractivity contribution < 1.29 is 14.3 Å². The number of rotatable bonds is 7. The van der Waals surface area contributed by atoms with E-state index in [1.807, 2.05) is 61.5 Å². The van der Waals surface area contributed by atoms with Gasteiger partial charge in [-0.15, -0.1) is 0 Å². The second kappa shape index (κ2) is 9.32. The van der Waals surface area contributed by atoms with Gasteiger partial charge < -0.3 is 15.2 Å². The first-order chi connectivity index (χ1) is 13.6. The lowest BCUT2D eigenvalue weighted by atomic mass is 10.1. The lowest BCUT2D eigenvalue weighted by molar-refractivity contribution is -0.111. The van der Waals surface area contributed by atoms with E-state index in [1.54, 1.807) is 18.2 Å². The van der Waals surface area contributed by atoms with Crippen molar-refractivity contribution in [2.45, 2.75) is 12.7 Å². The smallest absolute Gasteiger partial charge is 0.212 e. The second-order valence-corrected chi connectivity index (χ2v) is 7.02. The first-order valence-corrected chi connectivity index (χ1v) is 9.94. The van der Waals surface area contributed by atoms with E-state index in [2.05, 4.69) is 5.10 Å². The topological polar surface area (TPSA) is 77.1 Å². The minimum atomic E-state index is -0.621. The maximum atomic E-state index is 12.8. The molecular formula is C21H23N3O3S. The summed E-state index contributed by atoms with van der Waals surface area (Å²) in [6.45, 7) is 2.35. The van der Waals surface area contributed by atoms with Crippen molar-refractivity contribution in [3.8, 4) is 5.75 Å². The number of nitrogens with zero attached hydrogens (tertiary/aromatic N) is 2. The Bertz CT molecular complexity index is 866. The summed E-state index contributed by atoms with van der Waals surface area (Å²) in [7, 11) is 1.62. The van der Waals surface area contributed by atoms with Crippen LogP contribution in [0.25, 0.3) is 0 Å². The Morgan fingerprint density at radius 3 is 2.54 bits per heavy atom. The molecule has 0 amide bonds. The van der Waals surface area contributed by atoms with Crippen LogP contribution in [0.15, 0.2) is 71.7 Å². The maximum Gasteiger partial charge on any atom is 0.212 e. The fraction of sp³-hybridized carbons (Fsp3) is 0.238. The minimum absolute atomic E-state index is 0.0676. The first kappa shape index (κ1) is 19.8. The highest BCUT2D eigenvalue weighted by Gasteiger charge is 2.29. The zero-order valence-corrected chi connectivity index (χ0v) is 16.7. The fourth-order valence-electron chi connectivity index (χ4n) is 2.69. The lowest BCUT2D eigenvalue weighted by Crippen LogP contribution is -2.37. The highest BCUT2D eigenvalue weighted by molar-refractivity contribution is 8.13. The van der Waals surface area contributed by atoms with Gasteiger partial charge in [-0.1, -0.05) is 42.1 Å². The molecule has 0 saturated heterocycles. The highest BCUT2D eigenvalue weighted by Crippen LogP contribution is 2.28. The number of ether oxygens (including phenoxy) is 2. The zero-order valence-electron chi connectivity index (χ0n) is 15.9. The van der Waals surface area contributed by atoms with Gasteiger partial charge in [0.15, 0.2) is 0 Å². The van der Waals surface area contributed by atoms with Crippen LogP contribution in [0.4, 0.5) is 5.69 Å². The van der Waals surface area contributed by atoms with Gasteiger partial charge in [0.25, 0.3) is 0 Å². The summed E-state index contributed by atoms with van der Waals surface area (Å²) in [4.78, 5) is 12.8. The average Bonchev–Trinajstić information content (AvgIpc) is 2.74. The summed E-state index contributed by atoms with van der Waals surface area (Å²) in [5.41, 5.74) is 7.98. The number of anilines is 1. The quantitative estimate of drug-likeness (QED) is 0.767. The molecule has 3 rings (SSSR count). The second-order valence-electron chi connectivity index (χ2n) is 6.04. The van der Waals surface area contributed by atoms with Crippen LogP contribution in [0.3, 0.4) is 0 Å². The number of carbonyl (C=O) groups excluding carboxylic acids is 1. The van der Waals surface area contributed by atoms with Crippen LogP contribution in [-0.2, 0) is 15.3 Å². The van der Waals surface area contributed by atoms with E-state index in [0.717, 1.165) is 17.0 Å². The van der Waals surface area contributed by atoms with Gasteiger partial charge >= 0.3 is 0 Å². The molecule has 6 nitrogen and oxygen atoms in total. The van der Waals surface area contributed by atoms with Gasteiger partial charge in [0.2, 0.25) is 11.0 Å². The molecule has 0 radical (unpaired) electrons. The molecule has 7 heteroatoms. The number of methoxy groups -OCH3 is 1. The van der Waals surface area contributed by atoms with Crippen LogP contribution in [0, 0.1) is 5.92 Å². The van der Waals surface area contributed by atoms with Crippen molar-refractivity contribution in [3.63, 3.8) is 0 Å². The van der Waals surface area contributed by atoms with Crippen LogP contribution < -0.4 is 15.5 Å². The van der Waals surface area contributed by atoms with Crippen molar-refractivity contribution in [1.29, 1.82) is 0 Å². The summed E-state index contributed by atoms with van der Waals surface area (Å²) < 4.78 is 10.9. The van der Waals surface area contributed by atoms with Gasteiger partial charge in [0.1, 0.15) is 17.5 Å². The number of hydrogen-bond acceptors (Lipinski definition) is 7. The summed E-state index contributed by atoms with van der Waals surface area (Å²) in [6.07, 6.45) is 1.74. The van der Waals surface area contributed by atoms with Crippen molar-refractivity contribution in [3.05, 3.63) is 72.1 Å². The number of hydrazone groups is 1. The third-order valence-electron chi connectivity index (χ3n) is 4.14. The van der Waals surface area contributed by atoms with Gasteiger partial charge in [-0.2, -0.15) is 10.1 Å². The van der Waals surface area contributed by atoms with Crippen LogP contribution in [0.2, 0.25) is 0 Å². The van der Waals surface area contributed by atoms with E-state index < -0.39 is 5.92 Å². The zero-order chi connectivity index (χ0) is 19.9. The Morgan fingerprint density at radius 1 is 1.18 bits per heavy atom. The average molecular weight is 398 g/mol. The molecule has 146 valence electrons. The van der Waals surface area contributed by atoms with Gasteiger partial charge in [-0.25, -0.2) is 0 Å². The Morgan fingerprint density at radius 2 is 1.89 bits per heavy atom. The molecular weight excluding hydrogens is 374 g/mol. The molecule has 1 unspecified atom stereocenters. The number of hydrogen-bond donors (Lipinski definition) is 1. The minimum Gasteiger partial charge on any atom is -0.497 e. The monoisotopic (exact) mass is 397 g/mol. The molecule has 0 saturated carbocycles. The number of carbonyl (C=O) groups is 1. The number of thioether (sulfide) groups is 1. The highest BCUT2D eigenvalue weighted by atomic mass is 32.2. The third-order valence-corrected chi connectivity index (χ3v) is 5.16. The van der Waals surface area contributed by atoms with E-state index in [-0.39, 0.29) is 11.0 Å². The van der Waals surface area contributed by atoms with E-state index in [0.29, 0.717) is 18.2 Å². The molecule has 0 aliphatic carbocycles. The Labute approximate surface area is 169 Å². The fourth-order valence-corrected chi connectivity index (χ4v) is 3.56. The molecule has 1 aliphatic rings. The molecule has 2 aromatic carbocycles. The van der Waals surface area contributed by atoms with Gasteiger partial charge in [0.05, 0.1) is 19.4 Å². The summed E-state index contributed by atoms with van der Waals surface area (Å²) >= 11 is 1.21. The maximum absolute atomic E-state index is 12.8. The Kier molecular flexibility index (Phi) is 6.60. The predicted molar refractivity (Wildman–Crippen MR) is 113 cm³/mol. The Hall–Kier alpha value is -2.93. The van der Waals surface area contributed by atoms with E-state index in [1.165, 1.54) is 11.8 Å². The molecule has 0 aromatic heterocycles. The molecule has 28 heavy (non-hydrogen) atoms. The van der Waals surface area contributed by atoms with E-state index in [9.17, 15) is 4.79 Å². The van der Waals surface area contributed by atoms with E-state index in [4.69, 9.17) is 15.2 Å². The first-order valence-electron chi connectivity index (χ1n) is 8.95. The van der Waals surface area contributed by atoms with E-state index >= 15 is 0 Å². The van der Waals surface area contributed by atoms with Gasteiger partial charge in [0, 0.05) is 5.75 Å². The third kappa shape index (κ3) is 4.67. The van der Waals surface area contributed by atoms with Crippen LogP contribution in [0.5, 0.6) is 5.75 Å². The lowest BCUT2D eigenvalue weighted by Gasteiger charge is -2.28. The molecule has 0 spiro atoms. The van der Waals surface area contributed by atoms with Crippen LogP contribution in [0.1, 0.15) is 12.5 Å². The summed E-state index contributed by atoms with van der Waals surface area (Å²) in [5.74, 6) is 1.47. The van der Waals surface area contributed by atoms with Gasteiger partial charge in [-0.3, -0.25) is 4.79 Å². The predicted octanol–water partition coefficient (Wildman–Crippen LogP) is 3.74. The molecule has 1 aliphatic heterocycles. The SMILES string of the molecule is CCOC1=CC(C(=O)SCc2ccc(OC)cc2)C(N)=NN1c1ccccc1. The van der Waals surface area contributed by atoms with Crippen molar-refractivity contribution >= 4 is 28.4 Å². The molecule has 1 heterocycles. The molecule has 1 atom stereocenters. The van der Waals surface area contributed by atoms with Crippen LogP contribution >= 0.6 is 11.8 Å². The number of nitrogens with two attached hydrogens (primary N) is 1. The molecule has 2 aromatic rings. The Balaban J connectivity index is 1.72. The van der Waals surface area contributed by atoms with Crippen LogP contribution in [-0.4, -0.2) is 24.7 Å². The standard InChI is InChI=1S/C21H23N3O3S/c1-3-27-19-13-18(20(22)23-24(19)16-7-5-4-6-8-16)21(25)28-14-15-9-11-17(26-2)12-10-15/h4-13,18H,3,14H2,1-2H3,(H2,22,23). The summed E-state index contributed by atoms with van der Waals surface area (Å²) in [5, 5.41) is 5.97. The molecule has 0 fully saturated rings. The van der Waals surface area contributed by atoms with Crippen molar-refractivity contribution in [1.82, 2.24) is 0 Å². The van der Waals surface area contributed by atoms with Gasteiger partial charge in [-0.05, 0) is 42.8 Å². The normalized spacial score (nSPS) is 16.2. The molecule has 0 bridgehead atoms.